The number of hydrogen-bond donors (Lipinski definition) is 6. The van der Waals surface area contributed by atoms with Gasteiger partial charge >= 0.3 is 18.0 Å². The molecule has 0 aliphatic carbocycles. The number of rotatable bonds is 20. The lowest BCUT2D eigenvalue weighted by Gasteiger charge is -2.40. The van der Waals surface area contributed by atoms with Gasteiger partial charge in [0.1, 0.15) is 53.6 Å². The van der Waals surface area contributed by atoms with Gasteiger partial charge in [-0.15, -0.1) is 0 Å². The van der Waals surface area contributed by atoms with Gasteiger partial charge in [-0.1, -0.05) is 35.9 Å². The van der Waals surface area contributed by atoms with Crippen LogP contribution in [-0.2, 0) is 51.2 Å². The minimum Gasteiger partial charge on any atom is -0.496 e. The van der Waals surface area contributed by atoms with Crippen LogP contribution in [0, 0.1) is 0 Å². The fourth-order valence-corrected chi connectivity index (χ4v) is 5.89. The molecule has 19 heteroatoms. The van der Waals surface area contributed by atoms with E-state index in [4.69, 9.17) is 44.8 Å². The Balaban J connectivity index is 1.43. The summed E-state index contributed by atoms with van der Waals surface area (Å²) in [6.45, 7) is 5.10. The predicted octanol–water partition coefficient (Wildman–Crippen LogP) is 2.29. The first-order valence-corrected chi connectivity index (χ1v) is 18.9. The number of alkyl carbamates (subject to hydrolysis) is 1. The highest BCUT2D eigenvalue weighted by molar-refractivity contribution is 6.32. The molecule has 0 spiro atoms. The van der Waals surface area contributed by atoms with E-state index in [1.54, 1.807) is 32.9 Å². The van der Waals surface area contributed by atoms with Crippen molar-refractivity contribution >= 4 is 41.4 Å². The van der Waals surface area contributed by atoms with E-state index < -0.39 is 67.0 Å². The molecule has 18 nitrogen and oxygen atoms in total. The lowest BCUT2D eigenvalue weighted by Crippen LogP contribution is -2.60. The second-order valence-electron chi connectivity index (χ2n) is 14.2. The van der Waals surface area contributed by atoms with E-state index in [2.05, 4.69) is 16.0 Å². The number of ether oxygens (including phenoxy) is 7. The van der Waals surface area contributed by atoms with E-state index in [0.717, 1.165) is 11.1 Å². The number of esters is 2. The first kappa shape index (κ1) is 47.7. The van der Waals surface area contributed by atoms with Crippen LogP contribution in [0.1, 0.15) is 74.4 Å². The zero-order valence-corrected chi connectivity index (χ0v) is 34.2. The summed E-state index contributed by atoms with van der Waals surface area (Å²) in [5, 5.41) is 38.3. The largest absolute Gasteiger partial charge is 0.496 e. The number of benzene rings is 2. The van der Waals surface area contributed by atoms with Crippen LogP contribution in [0.15, 0.2) is 36.4 Å². The Morgan fingerprint density at radius 3 is 2.24 bits per heavy atom. The van der Waals surface area contributed by atoms with E-state index in [1.165, 1.54) is 33.5 Å². The molecule has 0 bridgehead atoms. The van der Waals surface area contributed by atoms with E-state index in [9.17, 15) is 39.3 Å². The summed E-state index contributed by atoms with van der Waals surface area (Å²) in [7, 11) is 3.80. The SMILES string of the molecule is COC(=O)[C@H](CCCCNC(=O)CCC(=O)NCc1cccc(COc2cc(OC)c(C(=O)O[C@H]3[C@@H](OC)O[C@H](CO)[C@@H](O)[C@@H]3O)cc2Cl)c1)NC(=O)OC(C)(C)C. The average Bonchev–Trinajstić information content (AvgIpc) is 3.19. The highest BCUT2D eigenvalue weighted by Gasteiger charge is 2.47. The molecule has 6 atom stereocenters. The molecule has 0 aromatic heterocycles. The van der Waals surface area contributed by atoms with Crippen LogP contribution < -0.4 is 25.4 Å². The second-order valence-corrected chi connectivity index (χ2v) is 14.7. The van der Waals surface area contributed by atoms with Gasteiger partial charge in [-0.05, 0) is 57.2 Å². The number of halogens is 1. The Labute approximate surface area is 341 Å². The van der Waals surface area contributed by atoms with Crippen LogP contribution in [0.3, 0.4) is 0 Å². The van der Waals surface area contributed by atoms with Crippen LogP contribution in [-0.4, -0.2) is 122 Å². The number of carbonyl (C=O) groups is 5. The number of carbonyl (C=O) groups excluding carboxylic acids is 5. The van der Waals surface area contributed by atoms with E-state index in [0.29, 0.717) is 19.4 Å². The molecule has 1 aliphatic heterocycles. The summed E-state index contributed by atoms with van der Waals surface area (Å²) < 4.78 is 37.2. The number of aliphatic hydroxyl groups excluding tert-OH is 3. The minimum atomic E-state index is -1.62. The molecule has 3 amide bonds. The van der Waals surface area contributed by atoms with Crippen molar-refractivity contribution in [2.45, 2.75) is 108 Å². The average molecular weight is 840 g/mol. The van der Waals surface area contributed by atoms with Gasteiger partial charge in [-0.25, -0.2) is 14.4 Å². The first-order valence-electron chi connectivity index (χ1n) is 18.5. The zero-order valence-electron chi connectivity index (χ0n) is 33.4. The maximum absolute atomic E-state index is 13.2. The topological polar surface area (TPSA) is 247 Å². The molecule has 1 saturated heterocycles. The molecular formula is C39H54ClN3O15. The molecule has 2 aromatic rings. The van der Waals surface area contributed by atoms with Crippen molar-refractivity contribution in [3.8, 4) is 11.5 Å². The molecule has 1 fully saturated rings. The van der Waals surface area contributed by atoms with Gasteiger partial charge in [0.05, 0.1) is 25.8 Å². The Kier molecular flexibility index (Phi) is 18.9. The molecule has 1 aliphatic rings. The van der Waals surface area contributed by atoms with Crippen LogP contribution in [0.4, 0.5) is 4.79 Å². The monoisotopic (exact) mass is 839 g/mol. The maximum Gasteiger partial charge on any atom is 0.408 e. The second kappa shape index (κ2) is 23.0. The lowest BCUT2D eigenvalue weighted by atomic mass is 9.99. The van der Waals surface area contributed by atoms with E-state index in [1.807, 2.05) is 12.1 Å². The molecular weight excluding hydrogens is 786 g/mol. The van der Waals surface area contributed by atoms with Crippen molar-refractivity contribution in [1.82, 2.24) is 16.0 Å². The van der Waals surface area contributed by atoms with Crippen molar-refractivity contribution in [1.29, 1.82) is 0 Å². The summed E-state index contributed by atoms with van der Waals surface area (Å²) in [6, 6.07) is 8.99. The molecule has 322 valence electrons. The quantitative estimate of drug-likeness (QED) is 0.0636. The Bertz CT molecular complexity index is 1700. The lowest BCUT2D eigenvalue weighted by molar-refractivity contribution is -0.293. The van der Waals surface area contributed by atoms with Crippen LogP contribution in [0.2, 0.25) is 5.02 Å². The third-order valence-electron chi connectivity index (χ3n) is 8.65. The van der Waals surface area contributed by atoms with Crippen molar-refractivity contribution < 1.29 is 72.5 Å². The van der Waals surface area contributed by atoms with Gasteiger partial charge in [0.2, 0.25) is 11.8 Å². The fraction of sp³-hybridized carbons (Fsp3) is 0.564. The first-order chi connectivity index (χ1) is 27.5. The molecule has 58 heavy (non-hydrogen) atoms. The third-order valence-corrected chi connectivity index (χ3v) is 8.94. The van der Waals surface area contributed by atoms with Gasteiger partial charge in [0.15, 0.2) is 12.4 Å². The van der Waals surface area contributed by atoms with Crippen LogP contribution in [0.5, 0.6) is 11.5 Å². The number of nitrogens with one attached hydrogen (secondary N) is 3. The number of unbranched alkanes of at least 4 members (excludes halogenated alkanes) is 1. The Morgan fingerprint density at radius 1 is 0.914 bits per heavy atom. The minimum absolute atomic E-state index is 0.0236. The summed E-state index contributed by atoms with van der Waals surface area (Å²) in [5.41, 5.74) is 0.675. The zero-order chi connectivity index (χ0) is 43.0. The van der Waals surface area contributed by atoms with Crippen LogP contribution >= 0.6 is 11.6 Å². The molecule has 0 unspecified atom stereocenters. The highest BCUT2D eigenvalue weighted by Crippen LogP contribution is 2.35. The maximum atomic E-state index is 13.2. The Hall–Kier alpha value is -4.72. The van der Waals surface area contributed by atoms with Gasteiger partial charge in [-0.2, -0.15) is 0 Å². The number of amides is 3. The van der Waals surface area contributed by atoms with Crippen molar-refractivity contribution in [2.75, 3.05) is 34.5 Å². The van der Waals surface area contributed by atoms with E-state index >= 15 is 0 Å². The summed E-state index contributed by atoms with van der Waals surface area (Å²) >= 11 is 6.46. The summed E-state index contributed by atoms with van der Waals surface area (Å²) in [6.07, 6.45) is -6.50. The molecule has 6 N–H and O–H groups in total. The third kappa shape index (κ3) is 14.9. The van der Waals surface area contributed by atoms with Gasteiger partial charge in [0.25, 0.3) is 0 Å². The summed E-state index contributed by atoms with van der Waals surface area (Å²) in [5.74, 6) is -1.96. The van der Waals surface area contributed by atoms with Crippen LogP contribution in [0.25, 0.3) is 0 Å². The fourth-order valence-electron chi connectivity index (χ4n) is 5.67. The molecule has 0 saturated carbocycles. The normalized spacial score (nSPS) is 19.6. The van der Waals surface area contributed by atoms with Gasteiger partial charge < -0.3 is 64.4 Å². The number of methoxy groups -OCH3 is 3. The Morgan fingerprint density at radius 2 is 1.60 bits per heavy atom. The molecule has 3 rings (SSSR count). The molecule has 2 aromatic carbocycles. The van der Waals surface area contributed by atoms with Crippen molar-refractivity contribution in [2.24, 2.45) is 0 Å². The van der Waals surface area contributed by atoms with Gasteiger partial charge in [0, 0.05) is 39.1 Å². The standard InChI is InChI=1S/C39H54ClN3O15/c1-39(2,3)58-38(51)43-26(36(50)53-5)12-7-8-15-41-30(45)13-14-31(46)42-19-22-10-9-11-23(16-22)21-55-28-18-27(52-4)24(17-25(28)40)35(49)57-34-33(48)32(47)29(20-44)56-37(34)54-6/h9-11,16-18,26,29,32-34,37,44,47-48H,7-8,12-15,19-21H2,1-6H3,(H,41,45)(H,42,46)(H,43,51)/t26-,29+,32+,33-,34+,37-/m0/s1. The smallest absolute Gasteiger partial charge is 0.408 e. The number of aliphatic hydroxyl groups is 3. The summed E-state index contributed by atoms with van der Waals surface area (Å²) in [4.78, 5) is 62.1. The number of hydrogen-bond acceptors (Lipinski definition) is 15. The van der Waals surface area contributed by atoms with E-state index in [-0.39, 0.29) is 66.3 Å². The molecule has 0 radical (unpaired) electrons. The van der Waals surface area contributed by atoms with Gasteiger partial charge in [-0.3, -0.25) is 9.59 Å². The van der Waals surface area contributed by atoms with Crippen molar-refractivity contribution in [3.63, 3.8) is 0 Å². The highest BCUT2D eigenvalue weighted by atomic mass is 35.5. The predicted molar refractivity (Wildman–Crippen MR) is 206 cm³/mol. The molecule has 1 heterocycles. The van der Waals surface area contributed by atoms with Crippen molar-refractivity contribution in [3.05, 3.63) is 58.1 Å².